The second kappa shape index (κ2) is 6.86. The number of hydrogen-bond acceptors (Lipinski definition) is 4. The van der Waals surface area contributed by atoms with Gasteiger partial charge in [0.25, 0.3) is 0 Å². The number of nitrogens with zero attached hydrogens (tertiary/aromatic N) is 1. The summed E-state index contributed by atoms with van der Waals surface area (Å²) in [5.74, 6) is -1.54. The lowest BCUT2D eigenvalue weighted by atomic mass is 10.0. The molecule has 0 aromatic heterocycles. The lowest BCUT2D eigenvalue weighted by molar-refractivity contribution is -0.143. The Morgan fingerprint density at radius 3 is 2.86 bits per heavy atom. The summed E-state index contributed by atoms with van der Waals surface area (Å²) in [6.45, 7) is 0.521. The molecule has 1 heterocycles. The molecular weight excluding hydrogens is 272 g/mol. The van der Waals surface area contributed by atoms with Gasteiger partial charge >= 0.3 is 5.97 Å². The molecule has 2 rings (SSSR count). The van der Waals surface area contributed by atoms with Crippen LogP contribution in [0, 0.1) is 11.3 Å². The fourth-order valence-electron chi connectivity index (χ4n) is 2.28. The number of hydrogen-bond donors (Lipinski definition) is 2. The molecular formula is C15H16N2O4. The summed E-state index contributed by atoms with van der Waals surface area (Å²) < 4.78 is 5.23. The number of aliphatic carboxylic acids is 1. The van der Waals surface area contributed by atoms with Crippen molar-refractivity contribution in [3.05, 3.63) is 35.4 Å². The number of ether oxygens (including phenoxy) is 1. The van der Waals surface area contributed by atoms with E-state index in [1.165, 1.54) is 0 Å². The van der Waals surface area contributed by atoms with Gasteiger partial charge in [0, 0.05) is 13.0 Å². The maximum absolute atomic E-state index is 11.9. The van der Waals surface area contributed by atoms with E-state index in [0.717, 1.165) is 6.42 Å². The first-order chi connectivity index (χ1) is 10.1. The quantitative estimate of drug-likeness (QED) is 0.836. The number of rotatable bonds is 5. The minimum absolute atomic E-state index is 0.0670. The van der Waals surface area contributed by atoms with Crippen molar-refractivity contribution in [3.63, 3.8) is 0 Å². The highest BCUT2D eigenvalue weighted by molar-refractivity contribution is 5.86. The fourth-order valence-corrected chi connectivity index (χ4v) is 2.28. The van der Waals surface area contributed by atoms with Gasteiger partial charge in [0.05, 0.1) is 11.6 Å². The van der Waals surface area contributed by atoms with Gasteiger partial charge in [0.15, 0.2) is 0 Å². The highest BCUT2D eigenvalue weighted by Gasteiger charge is 2.28. The van der Waals surface area contributed by atoms with Crippen LogP contribution in [0.5, 0.6) is 0 Å². The number of amides is 1. The van der Waals surface area contributed by atoms with Crippen LogP contribution in [-0.2, 0) is 20.7 Å². The Morgan fingerprint density at radius 2 is 2.24 bits per heavy atom. The molecule has 0 aliphatic carbocycles. The Balaban J connectivity index is 2.07. The van der Waals surface area contributed by atoms with Crippen molar-refractivity contribution in [2.45, 2.75) is 31.4 Å². The lowest BCUT2D eigenvalue weighted by Gasteiger charge is -2.17. The lowest BCUT2D eigenvalue weighted by Crippen LogP contribution is -2.46. The van der Waals surface area contributed by atoms with Crippen LogP contribution in [0.15, 0.2) is 24.3 Å². The van der Waals surface area contributed by atoms with Crippen LogP contribution in [0.25, 0.3) is 0 Å². The number of nitriles is 1. The molecule has 0 unspecified atom stereocenters. The summed E-state index contributed by atoms with van der Waals surface area (Å²) in [4.78, 5) is 23.3. The molecule has 1 amide bonds. The standard InChI is InChI=1S/C15H16N2O4/c16-9-11-5-2-1-4-10(11)8-12(15(19)20)17-14(18)13-6-3-7-21-13/h1-2,4-5,12-13H,3,6-8H2,(H,17,18)(H,19,20)/t12-,13-/m0/s1. The van der Waals surface area contributed by atoms with Gasteiger partial charge in [-0.2, -0.15) is 5.26 Å². The smallest absolute Gasteiger partial charge is 0.326 e. The Morgan fingerprint density at radius 1 is 1.48 bits per heavy atom. The monoisotopic (exact) mass is 288 g/mol. The molecule has 6 heteroatoms. The molecule has 1 aromatic carbocycles. The number of carboxylic acids is 1. The van der Waals surface area contributed by atoms with Crippen LogP contribution in [0.3, 0.4) is 0 Å². The number of carbonyl (C=O) groups excluding carboxylic acids is 1. The average molecular weight is 288 g/mol. The molecule has 2 atom stereocenters. The maximum Gasteiger partial charge on any atom is 0.326 e. The van der Waals surface area contributed by atoms with Crippen LogP contribution in [0.2, 0.25) is 0 Å². The number of benzene rings is 1. The Kier molecular flexibility index (Phi) is 4.90. The minimum Gasteiger partial charge on any atom is -0.480 e. The first-order valence-corrected chi connectivity index (χ1v) is 6.74. The number of carboxylic acid groups (broad SMARTS) is 1. The zero-order chi connectivity index (χ0) is 15.2. The van der Waals surface area contributed by atoms with Crippen molar-refractivity contribution >= 4 is 11.9 Å². The molecule has 1 fully saturated rings. The van der Waals surface area contributed by atoms with Crippen LogP contribution < -0.4 is 5.32 Å². The Hall–Kier alpha value is -2.39. The first kappa shape index (κ1) is 15.0. The third-order valence-electron chi connectivity index (χ3n) is 3.40. The molecule has 1 saturated heterocycles. The van der Waals surface area contributed by atoms with Gasteiger partial charge in [-0.1, -0.05) is 18.2 Å². The van der Waals surface area contributed by atoms with Crippen molar-refractivity contribution in [3.8, 4) is 6.07 Å². The van der Waals surface area contributed by atoms with E-state index in [1.807, 2.05) is 6.07 Å². The topological polar surface area (TPSA) is 99.4 Å². The molecule has 0 radical (unpaired) electrons. The summed E-state index contributed by atoms with van der Waals surface area (Å²) in [7, 11) is 0. The van der Waals surface area contributed by atoms with E-state index in [4.69, 9.17) is 10.00 Å². The Bertz CT molecular complexity index is 573. The molecule has 0 spiro atoms. The average Bonchev–Trinajstić information content (AvgIpc) is 3.01. The maximum atomic E-state index is 11.9. The van der Waals surface area contributed by atoms with Crippen LogP contribution in [-0.4, -0.2) is 35.7 Å². The van der Waals surface area contributed by atoms with E-state index < -0.39 is 24.0 Å². The van der Waals surface area contributed by atoms with E-state index in [1.54, 1.807) is 24.3 Å². The van der Waals surface area contributed by atoms with Gasteiger partial charge in [-0.3, -0.25) is 4.79 Å². The summed E-state index contributed by atoms with van der Waals surface area (Å²) in [6, 6.07) is 7.70. The van der Waals surface area contributed by atoms with Crippen LogP contribution in [0.4, 0.5) is 0 Å². The molecule has 6 nitrogen and oxygen atoms in total. The highest BCUT2D eigenvalue weighted by atomic mass is 16.5. The second-order valence-electron chi connectivity index (χ2n) is 4.87. The molecule has 0 bridgehead atoms. The summed E-state index contributed by atoms with van der Waals surface area (Å²) in [5.41, 5.74) is 1.01. The largest absolute Gasteiger partial charge is 0.480 e. The van der Waals surface area contributed by atoms with E-state index in [-0.39, 0.29) is 6.42 Å². The predicted octanol–water partition coefficient (Wildman–Crippen LogP) is 0.849. The zero-order valence-electron chi connectivity index (χ0n) is 11.4. The number of nitrogens with one attached hydrogen (secondary N) is 1. The third-order valence-corrected chi connectivity index (χ3v) is 3.40. The van der Waals surface area contributed by atoms with Gasteiger partial charge in [0.1, 0.15) is 12.1 Å². The summed E-state index contributed by atoms with van der Waals surface area (Å²) in [5, 5.41) is 20.8. The van der Waals surface area contributed by atoms with E-state index in [2.05, 4.69) is 5.32 Å². The molecule has 1 aliphatic rings. The third kappa shape index (κ3) is 3.80. The van der Waals surface area contributed by atoms with Crippen molar-refractivity contribution in [2.24, 2.45) is 0 Å². The highest BCUT2D eigenvalue weighted by Crippen LogP contribution is 2.14. The van der Waals surface area contributed by atoms with Gasteiger partial charge in [0.2, 0.25) is 5.91 Å². The van der Waals surface area contributed by atoms with Gasteiger partial charge in [-0.15, -0.1) is 0 Å². The van der Waals surface area contributed by atoms with E-state index >= 15 is 0 Å². The molecule has 1 aliphatic heterocycles. The normalized spacial score (nSPS) is 18.7. The molecule has 2 N–H and O–H groups in total. The first-order valence-electron chi connectivity index (χ1n) is 6.74. The van der Waals surface area contributed by atoms with Gasteiger partial charge in [-0.05, 0) is 24.5 Å². The van der Waals surface area contributed by atoms with Gasteiger partial charge < -0.3 is 15.2 Å². The van der Waals surface area contributed by atoms with Gasteiger partial charge in [-0.25, -0.2) is 4.79 Å². The molecule has 110 valence electrons. The van der Waals surface area contributed by atoms with E-state index in [9.17, 15) is 14.7 Å². The second-order valence-corrected chi connectivity index (χ2v) is 4.87. The minimum atomic E-state index is -1.13. The van der Waals surface area contributed by atoms with Crippen LogP contribution >= 0.6 is 0 Å². The van der Waals surface area contributed by atoms with Crippen molar-refractivity contribution in [1.29, 1.82) is 5.26 Å². The van der Waals surface area contributed by atoms with Crippen molar-refractivity contribution in [1.82, 2.24) is 5.32 Å². The van der Waals surface area contributed by atoms with Crippen LogP contribution in [0.1, 0.15) is 24.0 Å². The zero-order valence-corrected chi connectivity index (χ0v) is 11.4. The van der Waals surface area contributed by atoms with Crippen molar-refractivity contribution < 1.29 is 19.4 Å². The number of carbonyl (C=O) groups is 2. The summed E-state index contributed by atoms with van der Waals surface area (Å²) >= 11 is 0. The summed E-state index contributed by atoms with van der Waals surface area (Å²) in [6.07, 6.45) is 0.899. The Labute approximate surface area is 122 Å². The fraction of sp³-hybridized carbons (Fsp3) is 0.400. The molecule has 0 saturated carbocycles. The SMILES string of the molecule is N#Cc1ccccc1C[C@H](NC(=O)[C@@H]1CCCO1)C(=O)O. The molecule has 21 heavy (non-hydrogen) atoms. The van der Waals surface area contributed by atoms with Crippen molar-refractivity contribution in [2.75, 3.05) is 6.61 Å². The van der Waals surface area contributed by atoms with E-state index in [0.29, 0.717) is 24.2 Å². The predicted molar refractivity (Wildman–Crippen MR) is 73.4 cm³/mol. The molecule has 1 aromatic rings.